The smallest absolute Gasteiger partial charge is 0.350 e. The Hall–Kier alpha value is -2.84. The van der Waals surface area contributed by atoms with Gasteiger partial charge in [-0.05, 0) is 23.8 Å². The van der Waals surface area contributed by atoms with Gasteiger partial charge >= 0.3 is 11.9 Å². The summed E-state index contributed by atoms with van der Waals surface area (Å²) in [5.41, 5.74) is 0.721. The van der Waals surface area contributed by atoms with Crippen molar-refractivity contribution in [3.05, 3.63) is 52.2 Å². The molecule has 0 radical (unpaired) electrons. The first-order valence-corrected chi connectivity index (χ1v) is 6.27. The second kappa shape index (κ2) is 5.17. The Morgan fingerprint density at radius 2 is 1.91 bits per heavy atom. The largest absolute Gasteiger partial charge is 0.433 e. The molecular weight excluding hydrogens is 299 g/mol. The van der Waals surface area contributed by atoms with Crippen molar-refractivity contribution in [3.63, 3.8) is 0 Å². The quantitative estimate of drug-likeness (QED) is 0.693. The van der Waals surface area contributed by atoms with Gasteiger partial charge in [-0.25, -0.2) is 14.8 Å². The summed E-state index contributed by atoms with van der Waals surface area (Å²) in [6.07, 6.45) is -3.46. The first-order valence-electron chi connectivity index (χ1n) is 6.27. The summed E-state index contributed by atoms with van der Waals surface area (Å²) in [7, 11) is 0. The van der Waals surface area contributed by atoms with E-state index in [1.807, 2.05) is 0 Å². The van der Waals surface area contributed by atoms with Gasteiger partial charge in [0.25, 0.3) is 0 Å². The van der Waals surface area contributed by atoms with Crippen LogP contribution in [0.2, 0.25) is 0 Å². The number of rotatable bonds is 3. The first kappa shape index (κ1) is 14.1. The molecule has 0 bridgehead atoms. The molecule has 0 amide bonds. The lowest BCUT2D eigenvalue weighted by Crippen LogP contribution is -2.11. The van der Waals surface area contributed by atoms with Crippen LogP contribution in [0.5, 0.6) is 0 Å². The second-order valence-electron chi connectivity index (χ2n) is 4.58. The van der Waals surface area contributed by atoms with E-state index in [2.05, 4.69) is 25.3 Å². The van der Waals surface area contributed by atoms with E-state index in [0.29, 0.717) is 11.0 Å². The molecule has 0 atom stereocenters. The molecule has 0 fully saturated rings. The van der Waals surface area contributed by atoms with Crippen LogP contribution in [0.3, 0.4) is 0 Å². The third kappa shape index (κ3) is 2.92. The highest BCUT2D eigenvalue weighted by Crippen LogP contribution is 2.27. The number of H-pyrrole nitrogens is 2. The number of aromatic nitrogens is 4. The van der Waals surface area contributed by atoms with E-state index in [9.17, 15) is 18.0 Å². The summed E-state index contributed by atoms with van der Waals surface area (Å²) in [6, 6.07) is 5.97. The zero-order valence-electron chi connectivity index (χ0n) is 11.0. The molecule has 2 heterocycles. The minimum atomic E-state index is -4.51. The number of nitrogens with one attached hydrogen (secondary N) is 3. The molecule has 6 nitrogen and oxygen atoms in total. The predicted octanol–water partition coefficient (Wildman–Crippen LogP) is 2.28. The number of hydrogen-bond acceptors (Lipinski definition) is 4. The molecular formula is C13H10F3N5O. The Labute approximate surface area is 121 Å². The zero-order valence-corrected chi connectivity index (χ0v) is 11.0. The van der Waals surface area contributed by atoms with Crippen LogP contribution in [0.15, 0.2) is 35.3 Å². The van der Waals surface area contributed by atoms with Gasteiger partial charge in [0.05, 0.1) is 11.0 Å². The van der Waals surface area contributed by atoms with Gasteiger partial charge in [0.2, 0.25) is 5.95 Å². The van der Waals surface area contributed by atoms with Crippen molar-refractivity contribution in [2.45, 2.75) is 12.7 Å². The van der Waals surface area contributed by atoms with Crippen molar-refractivity contribution in [2.24, 2.45) is 0 Å². The van der Waals surface area contributed by atoms with Crippen molar-refractivity contribution in [1.29, 1.82) is 0 Å². The van der Waals surface area contributed by atoms with E-state index < -0.39 is 11.9 Å². The van der Waals surface area contributed by atoms with Gasteiger partial charge < -0.3 is 15.3 Å². The predicted molar refractivity (Wildman–Crippen MR) is 73.3 cm³/mol. The third-order valence-electron chi connectivity index (χ3n) is 2.98. The van der Waals surface area contributed by atoms with Crippen molar-refractivity contribution >= 4 is 17.0 Å². The Morgan fingerprint density at radius 1 is 1.14 bits per heavy atom. The molecule has 0 saturated carbocycles. The van der Waals surface area contributed by atoms with E-state index in [4.69, 9.17) is 0 Å². The van der Waals surface area contributed by atoms with Gasteiger partial charge in [-0.2, -0.15) is 13.2 Å². The van der Waals surface area contributed by atoms with Crippen LogP contribution in [-0.4, -0.2) is 19.9 Å². The van der Waals surface area contributed by atoms with Crippen LogP contribution >= 0.6 is 0 Å². The van der Waals surface area contributed by atoms with E-state index in [-0.39, 0.29) is 18.2 Å². The number of imidazole rings is 1. The highest BCUT2D eigenvalue weighted by Gasteiger charge is 2.32. The molecule has 22 heavy (non-hydrogen) atoms. The van der Waals surface area contributed by atoms with Gasteiger partial charge in [0, 0.05) is 12.7 Å². The van der Waals surface area contributed by atoms with E-state index in [0.717, 1.165) is 17.8 Å². The molecule has 1 aromatic carbocycles. The van der Waals surface area contributed by atoms with Crippen LogP contribution in [0.1, 0.15) is 11.3 Å². The number of hydrogen-bond donors (Lipinski definition) is 3. The topological polar surface area (TPSA) is 86.5 Å². The monoisotopic (exact) mass is 309 g/mol. The fourth-order valence-corrected chi connectivity index (χ4v) is 1.97. The Bertz CT molecular complexity index is 868. The molecule has 3 rings (SSSR count). The van der Waals surface area contributed by atoms with Gasteiger partial charge in [0.1, 0.15) is 5.69 Å². The minimum absolute atomic E-state index is 0.113. The molecule has 0 aliphatic heterocycles. The average molecular weight is 309 g/mol. The number of nitrogens with zero attached hydrogens (tertiary/aromatic N) is 2. The minimum Gasteiger partial charge on any atom is -0.350 e. The third-order valence-corrected chi connectivity index (χ3v) is 2.98. The molecule has 0 aliphatic carbocycles. The summed E-state index contributed by atoms with van der Waals surface area (Å²) in [5, 5.41) is 2.72. The number of fused-ring (bicyclic) bond motifs is 1. The van der Waals surface area contributed by atoms with Gasteiger partial charge in [-0.15, -0.1) is 0 Å². The van der Waals surface area contributed by atoms with Crippen LogP contribution < -0.4 is 11.0 Å². The standard InChI is InChI=1S/C13H10F3N5O/c14-13(15,16)10-3-4-17-11(21-10)18-6-7-1-2-8-9(5-7)20-12(22)19-8/h1-5H,6H2,(H,17,18,21)(H2,19,20,22). The molecule has 0 spiro atoms. The first-order chi connectivity index (χ1) is 10.4. The second-order valence-corrected chi connectivity index (χ2v) is 4.58. The summed E-state index contributed by atoms with van der Waals surface area (Å²) in [5.74, 6) is -0.113. The molecule has 0 unspecified atom stereocenters. The molecule has 2 aromatic heterocycles. The molecule has 3 N–H and O–H groups in total. The lowest BCUT2D eigenvalue weighted by molar-refractivity contribution is -0.141. The molecule has 9 heteroatoms. The molecule has 0 aliphatic rings. The van der Waals surface area contributed by atoms with Gasteiger partial charge in [0.15, 0.2) is 0 Å². The van der Waals surface area contributed by atoms with Crippen molar-refractivity contribution in [1.82, 2.24) is 19.9 Å². The lowest BCUT2D eigenvalue weighted by atomic mass is 10.2. The molecule has 3 aromatic rings. The van der Waals surface area contributed by atoms with Crippen molar-refractivity contribution in [2.75, 3.05) is 5.32 Å². The fourth-order valence-electron chi connectivity index (χ4n) is 1.97. The average Bonchev–Trinajstić information content (AvgIpc) is 2.84. The van der Waals surface area contributed by atoms with Crippen LogP contribution in [0.25, 0.3) is 11.0 Å². The maximum atomic E-state index is 12.6. The van der Waals surface area contributed by atoms with E-state index >= 15 is 0 Å². The number of alkyl halides is 3. The van der Waals surface area contributed by atoms with Crippen LogP contribution in [0.4, 0.5) is 19.1 Å². The zero-order chi connectivity index (χ0) is 15.7. The number of benzene rings is 1. The highest BCUT2D eigenvalue weighted by atomic mass is 19.4. The maximum absolute atomic E-state index is 12.6. The number of anilines is 1. The highest BCUT2D eigenvalue weighted by molar-refractivity contribution is 5.75. The van der Waals surface area contributed by atoms with E-state index in [1.165, 1.54) is 0 Å². The van der Waals surface area contributed by atoms with E-state index in [1.54, 1.807) is 18.2 Å². The van der Waals surface area contributed by atoms with Crippen LogP contribution in [-0.2, 0) is 12.7 Å². The summed E-state index contributed by atoms with van der Waals surface area (Å²) in [6.45, 7) is 0.227. The van der Waals surface area contributed by atoms with Crippen molar-refractivity contribution in [3.8, 4) is 0 Å². The Kier molecular flexibility index (Phi) is 3.32. The molecule has 114 valence electrons. The summed E-state index contributed by atoms with van der Waals surface area (Å²) in [4.78, 5) is 23.5. The summed E-state index contributed by atoms with van der Waals surface area (Å²) < 4.78 is 37.7. The Balaban J connectivity index is 1.77. The van der Waals surface area contributed by atoms with Crippen molar-refractivity contribution < 1.29 is 13.2 Å². The normalized spacial score (nSPS) is 11.8. The van der Waals surface area contributed by atoms with Gasteiger partial charge in [-0.3, -0.25) is 0 Å². The SMILES string of the molecule is O=c1[nH]c2ccc(CNc3nccc(C(F)(F)F)n3)cc2[nH]1. The Morgan fingerprint density at radius 3 is 2.68 bits per heavy atom. The molecule has 0 saturated heterocycles. The van der Waals surface area contributed by atoms with Crippen LogP contribution in [0, 0.1) is 0 Å². The summed E-state index contributed by atoms with van der Waals surface area (Å²) >= 11 is 0. The fraction of sp³-hybridized carbons (Fsp3) is 0.154. The number of halogens is 3. The maximum Gasteiger partial charge on any atom is 0.433 e. The van der Waals surface area contributed by atoms with Gasteiger partial charge in [-0.1, -0.05) is 6.07 Å². The lowest BCUT2D eigenvalue weighted by Gasteiger charge is -2.08. The number of aromatic amines is 2.